The first kappa shape index (κ1) is 16.5. The Labute approximate surface area is 150 Å². The number of hydrogen-bond acceptors (Lipinski definition) is 5. The second-order valence-corrected chi connectivity index (χ2v) is 6.66. The van der Waals surface area contributed by atoms with E-state index in [0.717, 1.165) is 30.7 Å². The number of carbonyl (C=O) groups is 1. The normalized spacial score (nSPS) is 17.1. The lowest BCUT2D eigenvalue weighted by Crippen LogP contribution is -2.29. The summed E-state index contributed by atoms with van der Waals surface area (Å²) in [6.07, 6.45) is 4.18. The van der Waals surface area contributed by atoms with Gasteiger partial charge in [-0.3, -0.25) is 14.6 Å². The van der Waals surface area contributed by atoms with E-state index in [0.29, 0.717) is 29.7 Å². The number of aromatic amines is 1. The maximum absolute atomic E-state index is 12.6. The van der Waals surface area contributed by atoms with Gasteiger partial charge < -0.3 is 14.4 Å². The lowest BCUT2D eigenvalue weighted by atomic mass is 10.0. The Morgan fingerprint density at radius 3 is 3.15 bits per heavy atom. The van der Waals surface area contributed by atoms with E-state index in [-0.39, 0.29) is 17.4 Å². The van der Waals surface area contributed by atoms with Crippen molar-refractivity contribution >= 4 is 16.8 Å². The molecule has 1 saturated heterocycles. The molecule has 0 aliphatic carbocycles. The van der Waals surface area contributed by atoms with Crippen LogP contribution in [0.25, 0.3) is 10.9 Å². The Morgan fingerprint density at radius 2 is 2.31 bits per heavy atom. The van der Waals surface area contributed by atoms with Gasteiger partial charge >= 0.3 is 0 Å². The summed E-state index contributed by atoms with van der Waals surface area (Å²) in [5.74, 6) is 0.691. The molecule has 0 spiro atoms. The third-order valence-corrected chi connectivity index (χ3v) is 4.82. The van der Waals surface area contributed by atoms with Crippen LogP contribution in [-0.2, 0) is 6.42 Å². The van der Waals surface area contributed by atoms with Crippen molar-refractivity contribution in [3.8, 4) is 0 Å². The van der Waals surface area contributed by atoms with Crippen LogP contribution in [0.4, 0.5) is 0 Å². The fourth-order valence-corrected chi connectivity index (χ4v) is 3.46. The van der Waals surface area contributed by atoms with Gasteiger partial charge in [0.2, 0.25) is 0 Å². The summed E-state index contributed by atoms with van der Waals surface area (Å²) in [5.41, 5.74) is 1.71. The van der Waals surface area contributed by atoms with E-state index in [4.69, 9.17) is 4.52 Å². The molecule has 1 amide bonds. The Kier molecular flexibility index (Phi) is 4.28. The lowest BCUT2D eigenvalue weighted by molar-refractivity contribution is 0.0780. The molecule has 1 aliphatic rings. The van der Waals surface area contributed by atoms with Gasteiger partial charge in [0.05, 0.1) is 10.9 Å². The highest BCUT2D eigenvalue weighted by Gasteiger charge is 2.30. The van der Waals surface area contributed by atoms with E-state index < -0.39 is 0 Å². The summed E-state index contributed by atoms with van der Waals surface area (Å²) in [6, 6.07) is 7.14. The summed E-state index contributed by atoms with van der Waals surface area (Å²) in [5, 5.41) is 4.48. The SMILES string of the molecule is CCCc1cc(C(=O)N2CCC(c3cc4ncccc4c(=O)[nH]3)C2)no1. The predicted octanol–water partition coefficient (Wildman–Crippen LogP) is 2.49. The number of amides is 1. The summed E-state index contributed by atoms with van der Waals surface area (Å²) in [6.45, 7) is 3.22. The number of likely N-dealkylation sites (tertiary alicyclic amines) is 1. The Balaban J connectivity index is 1.53. The minimum Gasteiger partial charge on any atom is -0.361 e. The first-order valence-electron chi connectivity index (χ1n) is 8.88. The standard InChI is InChI=1S/C19H20N4O3/c1-2-4-13-9-17(22-26-13)19(25)23-8-6-12(11-23)15-10-16-14(18(24)21-15)5-3-7-20-16/h3,5,7,9-10,12H,2,4,6,8,11H2,1H3,(H,21,24). The van der Waals surface area contributed by atoms with Crippen LogP contribution < -0.4 is 5.56 Å². The average molecular weight is 352 g/mol. The lowest BCUT2D eigenvalue weighted by Gasteiger charge is -2.15. The van der Waals surface area contributed by atoms with Crippen molar-refractivity contribution in [1.82, 2.24) is 20.0 Å². The van der Waals surface area contributed by atoms with Gasteiger partial charge in [-0.25, -0.2) is 0 Å². The highest BCUT2D eigenvalue weighted by atomic mass is 16.5. The number of nitrogens with zero attached hydrogens (tertiary/aromatic N) is 3. The van der Waals surface area contributed by atoms with E-state index >= 15 is 0 Å². The smallest absolute Gasteiger partial charge is 0.276 e. The molecule has 3 aromatic heterocycles. The molecule has 0 radical (unpaired) electrons. The summed E-state index contributed by atoms with van der Waals surface area (Å²) >= 11 is 0. The van der Waals surface area contributed by atoms with E-state index in [9.17, 15) is 9.59 Å². The van der Waals surface area contributed by atoms with Gasteiger partial charge in [0.25, 0.3) is 11.5 Å². The van der Waals surface area contributed by atoms with Crippen LogP contribution in [0.2, 0.25) is 0 Å². The predicted molar refractivity (Wildman–Crippen MR) is 96.1 cm³/mol. The molecule has 4 heterocycles. The van der Waals surface area contributed by atoms with Crippen molar-refractivity contribution in [3.63, 3.8) is 0 Å². The first-order valence-corrected chi connectivity index (χ1v) is 8.88. The van der Waals surface area contributed by atoms with Gasteiger partial charge in [-0.15, -0.1) is 0 Å². The third-order valence-electron chi connectivity index (χ3n) is 4.82. The van der Waals surface area contributed by atoms with Crippen molar-refractivity contribution in [2.75, 3.05) is 13.1 Å². The molecule has 0 saturated carbocycles. The fourth-order valence-electron chi connectivity index (χ4n) is 3.46. The molecule has 1 fully saturated rings. The molecule has 1 unspecified atom stereocenters. The Morgan fingerprint density at radius 1 is 1.42 bits per heavy atom. The first-order chi connectivity index (χ1) is 12.7. The molecule has 0 aromatic carbocycles. The Hall–Kier alpha value is -2.96. The second-order valence-electron chi connectivity index (χ2n) is 6.66. The van der Waals surface area contributed by atoms with Crippen LogP contribution in [0.5, 0.6) is 0 Å². The second kappa shape index (κ2) is 6.74. The summed E-state index contributed by atoms with van der Waals surface area (Å²) < 4.78 is 5.21. The van der Waals surface area contributed by atoms with Crippen molar-refractivity contribution in [2.24, 2.45) is 0 Å². The molecular weight excluding hydrogens is 332 g/mol. The van der Waals surface area contributed by atoms with Crippen molar-refractivity contribution < 1.29 is 9.32 Å². The maximum Gasteiger partial charge on any atom is 0.276 e. The molecule has 0 bridgehead atoms. The monoisotopic (exact) mass is 352 g/mol. The van der Waals surface area contributed by atoms with Gasteiger partial charge in [0.1, 0.15) is 5.76 Å². The Bertz CT molecular complexity index is 1010. The number of fused-ring (bicyclic) bond motifs is 1. The van der Waals surface area contributed by atoms with Gasteiger partial charge in [0.15, 0.2) is 5.69 Å². The molecule has 1 aliphatic heterocycles. The third kappa shape index (κ3) is 3.00. The highest BCUT2D eigenvalue weighted by Crippen LogP contribution is 2.27. The van der Waals surface area contributed by atoms with E-state index in [1.165, 1.54) is 0 Å². The zero-order chi connectivity index (χ0) is 18.1. The van der Waals surface area contributed by atoms with Crippen LogP contribution in [-0.4, -0.2) is 39.0 Å². The van der Waals surface area contributed by atoms with Gasteiger partial charge in [-0.05, 0) is 31.0 Å². The molecule has 26 heavy (non-hydrogen) atoms. The van der Waals surface area contributed by atoms with Crippen LogP contribution in [0.15, 0.2) is 39.8 Å². The number of nitrogens with one attached hydrogen (secondary N) is 1. The molecule has 4 rings (SSSR count). The molecule has 7 heteroatoms. The molecule has 1 atom stereocenters. The van der Waals surface area contributed by atoms with E-state index in [1.807, 2.05) is 13.0 Å². The number of aryl methyl sites for hydroxylation is 1. The van der Waals surface area contributed by atoms with Crippen LogP contribution in [0.3, 0.4) is 0 Å². The number of pyridine rings is 2. The van der Waals surface area contributed by atoms with Gasteiger partial charge in [-0.2, -0.15) is 0 Å². The van der Waals surface area contributed by atoms with Crippen LogP contribution >= 0.6 is 0 Å². The van der Waals surface area contributed by atoms with Crippen molar-refractivity contribution in [1.29, 1.82) is 0 Å². The van der Waals surface area contributed by atoms with E-state index in [1.54, 1.807) is 29.3 Å². The van der Waals surface area contributed by atoms with Gasteiger partial charge in [0, 0.05) is 43.4 Å². The molecule has 134 valence electrons. The molecule has 3 aromatic rings. The maximum atomic E-state index is 12.6. The van der Waals surface area contributed by atoms with Crippen LogP contribution in [0, 0.1) is 0 Å². The number of hydrogen-bond donors (Lipinski definition) is 1. The van der Waals surface area contributed by atoms with Crippen molar-refractivity contribution in [3.05, 3.63) is 58.0 Å². The summed E-state index contributed by atoms with van der Waals surface area (Å²) in [4.78, 5) is 33.9. The fraction of sp³-hybridized carbons (Fsp3) is 0.368. The molecule has 7 nitrogen and oxygen atoms in total. The molecular formula is C19H20N4O3. The van der Waals surface area contributed by atoms with Crippen LogP contribution in [0.1, 0.15) is 47.6 Å². The van der Waals surface area contributed by atoms with Gasteiger partial charge in [-0.1, -0.05) is 12.1 Å². The zero-order valence-electron chi connectivity index (χ0n) is 14.6. The topological polar surface area (TPSA) is 92.1 Å². The molecule has 1 N–H and O–H groups in total. The number of aromatic nitrogens is 3. The summed E-state index contributed by atoms with van der Waals surface area (Å²) in [7, 11) is 0. The highest BCUT2D eigenvalue weighted by molar-refractivity contribution is 5.92. The van der Waals surface area contributed by atoms with E-state index in [2.05, 4.69) is 15.1 Å². The number of H-pyrrole nitrogens is 1. The number of rotatable bonds is 4. The largest absolute Gasteiger partial charge is 0.361 e. The minimum atomic E-state index is -0.143. The average Bonchev–Trinajstić information content (AvgIpc) is 3.31. The quantitative estimate of drug-likeness (QED) is 0.779. The minimum absolute atomic E-state index is 0.0834. The zero-order valence-corrected chi connectivity index (χ0v) is 14.6. The number of carbonyl (C=O) groups excluding carboxylic acids is 1. The van der Waals surface area contributed by atoms with Crippen molar-refractivity contribution in [2.45, 2.75) is 32.1 Å².